The minimum absolute atomic E-state index is 0.0291. The summed E-state index contributed by atoms with van der Waals surface area (Å²) in [5, 5.41) is 6.05. The summed E-state index contributed by atoms with van der Waals surface area (Å²) in [6.45, 7) is 4.04. The summed E-state index contributed by atoms with van der Waals surface area (Å²) in [6.07, 6.45) is 2.08. The number of nitrogens with two attached hydrogens (primary N) is 1. The lowest BCUT2D eigenvalue weighted by molar-refractivity contribution is 0.0954. The first-order valence-corrected chi connectivity index (χ1v) is 6.10. The van der Waals surface area contributed by atoms with E-state index in [1.165, 1.54) is 0 Å². The van der Waals surface area contributed by atoms with E-state index >= 15 is 0 Å². The number of anilines is 1. The monoisotopic (exact) mass is 235 g/mol. The molecule has 4 heteroatoms. The van der Waals surface area contributed by atoms with Crippen LogP contribution in [0.25, 0.3) is 0 Å². The molecule has 1 amide bonds. The zero-order valence-corrected chi connectivity index (χ0v) is 10.3. The number of carbonyl (C=O) groups excluding carboxylic acids is 1. The van der Waals surface area contributed by atoms with Crippen molar-refractivity contribution < 1.29 is 4.79 Å². The predicted molar refractivity (Wildman–Crippen MR) is 71.2 cm³/mol. The second kappa shape index (κ2) is 7.68. The van der Waals surface area contributed by atoms with Crippen LogP contribution in [0, 0.1) is 0 Å². The Balaban J connectivity index is 2.64. The Kier molecular flexibility index (Phi) is 6.10. The number of rotatable bonds is 7. The average molecular weight is 235 g/mol. The Bertz CT molecular complexity index is 352. The highest BCUT2D eigenvalue weighted by Crippen LogP contribution is 2.14. The number of benzene rings is 1. The van der Waals surface area contributed by atoms with Gasteiger partial charge >= 0.3 is 0 Å². The van der Waals surface area contributed by atoms with Crippen molar-refractivity contribution in [1.82, 2.24) is 5.32 Å². The van der Waals surface area contributed by atoms with Gasteiger partial charge < -0.3 is 16.4 Å². The summed E-state index contributed by atoms with van der Waals surface area (Å²) in [7, 11) is 0. The summed E-state index contributed by atoms with van der Waals surface area (Å²) < 4.78 is 0. The zero-order chi connectivity index (χ0) is 12.5. The van der Waals surface area contributed by atoms with Crippen LogP contribution in [-0.4, -0.2) is 25.5 Å². The van der Waals surface area contributed by atoms with Crippen LogP contribution in [-0.2, 0) is 0 Å². The van der Waals surface area contributed by atoms with Gasteiger partial charge in [0.25, 0.3) is 5.91 Å². The van der Waals surface area contributed by atoms with Crippen molar-refractivity contribution in [3.63, 3.8) is 0 Å². The number of carbonyl (C=O) groups is 1. The van der Waals surface area contributed by atoms with Crippen LogP contribution in [0.4, 0.5) is 5.69 Å². The van der Waals surface area contributed by atoms with Crippen LogP contribution in [0.2, 0.25) is 0 Å². The lowest BCUT2D eigenvalue weighted by atomic mass is 10.1. The molecular formula is C13H21N3O. The molecule has 1 rings (SSSR count). The second-order valence-corrected chi connectivity index (χ2v) is 3.87. The topological polar surface area (TPSA) is 67.2 Å². The summed E-state index contributed by atoms with van der Waals surface area (Å²) in [6, 6.07) is 7.48. The lowest BCUT2D eigenvalue weighted by Gasteiger charge is -2.11. The molecule has 4 N–H and O–H groups in total. The fourth-order valence-electron chi connectivity index (χ4n) is 1.52. The van der Waals surface area contributed by atoms with E-state index in [1.807, 2.05) is 24.3 Å². The van der Waals surface area contributed by atoms with Gasteiger partial charge in [-0.1, -0.05) is 25.5 Å². The Morgan fingerprint density at radius 3 is 2.76 bits per heavy atom. The zero-order valence-electron chi connectivity index (χ0n) is 10.3. The van der Waals surface area contributed by atoms with Gasteiger partial charge in [0, 0.05) is 25.3 Å². The molecule has 0 aliphatic heterocycles. The first-order chi connectivity index (χ1) is 8.29. The van der Waals surface area contributed by atoms with Gasteiger partial charge in [0.1, 0.15) is 0 Å². The van der Waals surface area contributed by atoms with Gasteiger partial charge in [0.2, 0.25) is 0 Å². The highest BCUT2D eigenvalue weighted by atomic mass is 16.1. The molecule has 1 aromatic carbocycles. The van der Waals surface area contributed by atoms with Crippen molar-refractivity contribution >= 4 is 11.6 Å². The number of para-hydroxylation sites is 1. The predicted octanol–water partition coefficient (Wildman–Crippen LogP) is 1.59. The molecule has 0 aliphatic rings. The van der Waals surface area contributed by atoms with Crippen molar-refractivity contribution in [2.75, 3.05) is 25.0 Å². The molecule has 0 saturated carbocycles. The fraction of sp³-hybridized carbons (Fsp3) is 0.462. The first-order valence-electron chi connectivity index (χ1n) is 6.10. The molecule has 0 aliphatic carbocycles. The van der Waals surface area contributed by atoms with Gasteiger partial charge in [-0.25, -0.2) is 0 Å². The maximum absolute atomic E-state index is 11.9. The Hall–Kier alpha value is -1.55. The van der Waals surface area contributed by atoms with Crippen LogP contribution < -0.4 is 16.4 Å². The standard InChI is InChI=1S/C13H21N3O/c1-2-3-9-16-13(17)11-6-4-5-7-12(11)15-10-8-14/h4-7,15H,2-3,8-10,14H2,1H3,(H,16,17). The molecule has 17 heavy (non-hydrogen) atoms. The third kappa shape index (κ3) is 4.44. The van der Waals surface area contributed by atoms with Crippen molar-refractivity contribution in [2.24, 2.45) is 5.73 Å². The van der Waals surface area contributed by atoms with Crippen LogP contribution in [0.15, 0.2) is 24.3 Å². The number of hydrogen-bond donors (Lipinski definition) is 3. The maximum Gasteiger partial charge on any atom is 0.253 e. The van der Waals surface area contributed by atoms with Crippen LogP contribution in [0.5, 0.6) is 0 Å². The molecule has 0 heterocycles. The Morgan fingerprint density at radius 1 is 1.29 bits per heavy atom. The molecular weight excluding hydrogens is 214 g/mol. The van der Waals surface area contributed by atoms with Gasteiger partial charge in [-0.3, -0.25) is 4.79 Å². The number of amides is 1. The minimum Gasteiger partial charge on any atom is -0.383 e. The maximum atomic E-state index is 11.9. The Morgan fingerprint density at radius 2 is 2.06 bits per heavy atom. The largest absolute Gasteiger partial charge is 0.383 e. The van der Waals surface area contributed by atoms with Crippen molar-refractivity contribution in [2.45, 2.75) is 19.8 Å². The molecule has 0 spiro atoms. The van der Waals surface area contributed by atoms with Crippen molar-refractivity contribution in [3.8, 4) is 0 Å². The second-order valence-electron chi connectivity index (χ2n) is 3.87. The highest BCUT2D eigenvalue weighted by Gasteiger charge is 2.09. The summed E-state index contributed by atoms with van der Waals surface area (Å²) in [5.74, 6) is -0.0291. The molecule has 0 fully saturated rings. The molecule has 4 nitrogen and oxygen atoms in total. The molecule has 94 valence electrons. The molecule has 0 radical (unpaired) electrons. The third-order valence-electron chi connectivity index (χ3n) is 2.45. The van der Waals surface area contributed by atoms with Gasteiger partial charge in [-0.15, -0.1) is 0 Å². The van der Waals surface area contributed by atoms with Crippen LogP contribution >= 0.6 is 0 Å². The molecule has 0 bridgehead atoms. The highest BCUT2D eigenvalue weighted by molar-refractivity contribution is 5.99. The molecule has 1 aromatic rings. The van der Waals surface area contributed by atoms with Gasteiger partial charge in [-0.2, -0.15) is 0 Å². The van der Waals surface area contributed by atoms with E-state index in [2.05, 4.69) is 17.6 Å². The average Bonchev–Trinajstić information content (AvgIpc) is 2.37. The Labute approximate surface area is 103 Å². The molecule has 0 saturated heterocycles. The fourth-order valence-corrected chi connectivity index (χ4v) is 1.52. The normalized spacial score (nSPS) is 10.0. The van der Waals surface area contributed by atoms with Crippen LogP contribution in [0.3, 0.4) is 0 Å². The molecule has 0 unspecified atom stereocenters. The van der Waals surface area contributed by atoms with Gasteiger partial charge in [-0.05, 0) is 18.6 Å². The van der Waals surface area contributed by atoms with Crippen LogP contribution in [0.1, 0.15) is 30.1 Å². The number of hydrogen-bond acceptors (Lipinski definition) is 3. The van der Waals surface area contributed by atoms with E-state index in [4.69, 9.17) is 5.73 Å². The third-order valence-corrected chi connectivity index (χ3v) is 2.45. The van der Waals surface area contributed by atoms with E-state index < -0.39 is 0 Å². The van der Waals surface area contributed by atoms with Gasteiger partial charge in [0.05, 0.1) is 5.56 Å². The first kappa shape index (κ1) is 13.5. The number of unbranched alkanes of at least 4 members (excludes halogenated alkanes) is 1. The molecule has 0 aromatic heterocycles. The lowest BCUT2D eigenvalue weighted by Crippen LogP contribution is -2.25. The van der Waals surface area contributed by atoms with Crippen molar-refractivity contribution in [1.29, 1.82) is 0 Å². The summed E-state index contributed by atoms with van der Waals surface area (Å²) in [4.78, 5) is 11.9. The number of nitrogens with one attached hydrogen (secondary N) is 2. The quantitative estimate of drug-likeness (QED) is 0.629. The summed E-state index contributed by atoms with van der Waals surface area (Å²) in [5.41, 5.74) is 6.96. The van der Waals surface area contributed by atoms with E-state index in [9.17, 15) is 4.79 Å². The van der Waals surface area contributed by atoms with Crippen molar-refractivity contribution in [3.05, 3.63) is 29.8 Å². The molecule has 0 atom stereocenters. The van der Waals surface area contributed by atoms with Gasteiger partial charge in [0.15, 0.2) is 0 Å². The van der Waals surface area contributed by atoms with E-state index in [1.54, 1.807) is 0 Å². The van der Waals surface area contributed by atoms with E-state index in [0.29, 0.717) is 18.7 Å². The smallest absolute Gasteiger partial charge is 0.253 e. The summed E-state index contributed by atoms with van der Waals surface area (Å²) >= 11 is 0. The van der Waals surface area contributed by atoms with E-state index in [0.717, 1.165) is 25.1 Å². The SMILES string of the molecule is CCCCNC(=O)c1ccccc1NCCN. The minimum atomic E-state index is -0.0291. The van der Waals surface area contributed by atoms with E-state index in [-0.39, 0.29) is 5.91 Å².